The zero-order chi connectivity index (χ0) is 6.85. The van der Waals surface area contributed by atoms with E-state index in [9.17, 15) is 0 Å². The molecular formula is C7H11N2. The van der Waals surface area contributed by atoms with Crippen molar-refractivity contribution in [1.82, 2.24) is 0 Å². The average Bonchev–Trinajstić information content (AvgIpc) is 1.83. The standard InChI is InChI=1S/C7H11N2/c1-5-3-2-4-6(8)7(5)9/h2-3H,4,8-9H2,1H3. The van der Waals surface area contributed by atoms with Gasteiger partial charge in [0.15, 0.2) is 0 Å². The first-order valence-electron chi connectivity index (χ1n) is 2.96. The van der Waals surface area contributed by atoms with Crippen LogP contribution in [-0.4, -0.2) is 0 Å². The van der Waals surface area contributed by atoms with Crippen molar-refractivity contribution in [2.75, 3.05) is 0 Å². The summed E-state index contributed by atoms with van der Waals surface area (Å²) in [7, 11) is 0. The summed E-state index contributed by atoms with van der Waals surface area (Å²) in [6.45, 7) is 1.96. The Kier molecular flexibility index (Phi) is 1.47. The third kappa shape index (κ3) is 1.07. The van der Waals surface area contributed by atoms with Crippen LogP contribution in [0, 0.1) is 6.42 Å². The van der Waals surface area contributed by atoms with E-state index in [1.807, 2.05) is 19.4 Å². The maximum atomic E-state index is 5.59. The lowest BCUT2D eigenvalue weighted by Gasteiger charge is -2.11. The molecule has 4 N–H and O–H groups in total. The molecule has 0 aliphatic heterocycles. The van der Waals surface area contributed by atoms with Gasteiger partial charge in [-0.2, -0.15) is 0 Å². The van der Waals surface area contributed by atoms with Gasteiger partial charge in [0.05, 0.1) is 5.70 Å². The highest BCUT2D eigenvalue weighted by Gasteiger charge is 2.05. The Morgan fingerprint density at radius 1 is 1.44 bits per heavy atom. The number of allylic oxidation sites excluding steroid dienone is 3. The zero-order valence-corrected chi connectivity index (χ0v) is 5.52. The van der Waals surface area contributed by atoms with Gasteiger partial charge in [0.1, 0.15) is 0 Å². The monoisotopic (exact) mass is 123 g/mol. The molecule has 0 fully saturated rings. The summed E-state index contributed by atoms with van der Waals surface area (Å²) in [6, 6.07) is 0. The molecule has 0 aromatic heterocycles. The smallest absolute Gasteiger partial charge is 0.0531 e. The third-order valence-corrected chi connectivity index (χ3v) is 1.48. The molecule has 0 heterocycles. The fourth-order valence-corrected chi connectivity index (χ4v) is 0.816. The van der Waals surface area contributed by atoms with Gasteiger partial charge in [0, 0.05) is 5.70 Å². The van der Waals surface area contributed by atoms with Gasteiger partial charge < -0.3 is 11.5 Å². The van der Waals surface area contributed by atoms with Crippen molar-refractivity contribution in [2.24, 2.45) is 11.5 Å². The van der Waals surface area contributed by atoms with Crippen LogP contribution in [0.25, 0.3) is 0 Å². The highest BCUT2D eigenvalue weighted by molar-refractivity contribution is 5.36. The Balaban J connectivity index is 2.88. The molecule has 1 rings (SSSR count). The molecular weight excluding hydrogens is 112 g/mol. The number of nitrogens with two attached hydrogens (primary N) is 2. The Labute approximate surface area is 55.2 Å². The second kappa shape index (κ2) is 2.13. The van der Waals surface area contributed by atoms with Crippen LogP contribution >= 0.6 is 0 Å². The van der Waals surface area contributed by atoms with Crippen LogP contribution in [0.3, 0.4) is 0 Å². The number of rotatable bonds is 0. The van der Waals surface area contributed by atoms with Crippen molar-refractivity contribution in [3.63, 3.8) is 0 Å². The lowest BCUT2D eigenvalue weighted by atomic mass is 10.0. The first kappa shape index (κ1) is 6.20. The minimum absolute atomic E-state index is 0.748. The van der Waals surface area contributed by atoms with E-state index in [2.05, 4.69) is 0 Å². The molecule has 49 valence electrons. The summed E-state index contributed by atoms with van der Waals surface area (Å²) < 4.78 is 0. The van der Waals surface area contributed by atoms with Gasteiger partial charge in [-0.15, -0.1) is 0 Å². The highest BCUT2D eigenvalue weighted by Crippen LogP contribution is 2.15. The van der Waals surface area contributed by atoms with Gasteiger partial charge in [-0.1, -0.05) is 6.08 Å². The predicted octanol–water partition coefficient (Wildman–Crippen LogP) is 0.670. The Hall–Kier alpha value is -0.920. The molecule has 2 heteroatoms. The van der Waals surface area contributed by atoms with Crippen LogP contribution in [0.2, 0.25) is 0 Å². The summed E-state index contributed by atoms with van der Waals surface area (Å²) in [5.41, 5.74) is 13.7. The molecule has 0 amide bonds. The molecule has 2 nitrogen and oxygen atoms in total. The number of hydrogen-bond acceptors (Lipinski definition) is 2. The van der Waals surface area contributed by atoms with E-state index in [1.54, 1.807) is 0 Å². The summed E-state index contributed by atoms with van der Waals surface area (Å²) in [5.74, 6) is 0. The fourth-order valence-electron chi connectivity index (χ4n) is 0.816. The van der Waals surface area contributed by atoms with E-state index in [1.165, 1.54) is 0 Å². The normalized spacial score (nSPS) is 19.9. The van der Waals surface area contributed by atoms with E-state index in [0.717, 1.165) is 23.4 Å². The molecule has 1 aliphatic carbocycles. The lowest BCUT2D eigenvalue weighted by Crippen LogP contribution is -2.13. The van der Waals surface area contributed by atoms with Crippen molar-refractivity contribution in [3.05, 3.63) is 29.5 Å². The van der Waals surface area contributed by atoms with Crippen molar-refractivity contribution < 1.29 is 0 Å². The van der Waals surface area contributed by atoms with Crippen LogP contribution in [-0.2, 0) is 0 Å². The maximum Gasteiger partial charge on any atom is 0.0531 e. The summed E-state index contributed by atoms with van der Waals surface area (Å²) in [5, 5.41) is 0. The highest BCUT2D eigenvalue weighted by atomic mass is 14.7. The van der Waals surface area contributed by atoms with Gasteiger partial charge >= 0.3 is 0 Å². The van der Waals surface area contributed by atoms with E-state index in [0.29, 0.717) is 0 Å². The quantitative estimate of drug-likeness (QED) is 0.497. The molecule has 0 atom stereocenters. The van der Waals surface area contributed by atoms with Gasteiger partial charge in [-0.05, 0) is 25.3 Å². The number of hydrogen-bond donors (Lipinski definition) is 2. The molecule has 1 aliphatic rings. The van der Waals surface area contributed by atoms with Crippen LogP contribution in [0.15, 0.2) is 23.0 Å². The van der Waals surface area contributed by atoms with Crippen molar-refractivity contribution in [2.45, 2.75) is 13.3 Å². The maximum absolute atomic E-state index is 5.59. The third-order valence-electron chi connectivity index (χ3n) is 1.48. The first-order valence-corrected chi connectivity index (χ1v) is 2.96. The van der Waals surface area contributed by atoms with E-state index < -0.39 is 0 Å². The van der Waals surface area contributed by atoms with E-state index in [4.69, 9.17) is 11.5 Å². The Morgan fingerprint density at radius 2 is 2.11 bits per heavy atom. The van der Waals surface area contributed by atoms with Crippen LogP contribution in [0.5, 0.6) is 0 Å². The van der Waals surface area contributed by atoms with Crippen LogP contribution in [0.4, 0.5) is 0 Å². The lowest BCUT2D eigenvalue weighted by molar-refractivity contribution is 1.01. The van der Waals surface area contributed by atoms with Gasteiger partial charge in [-0.3, -0.25) is 0 Å². The second-order valence-electron chi connectivity index (χ2n) is 2.23. The first-order chi connectivity index (χ1) is 4.22. The van der Waals surface area contributed by atoms with Gasteiger partial charge in [0.2, 0.25) is 0 Å². The summed E-state index contributed by atoms with van der Waals surface area (Å²) in [4.78, 5) is 0. The van der Waals surface area contributed by atoms with Crippen LogP contribution in [0.1, 0.15) is 13.3 Å². The topological polar surface area (TPSA) is 52.0 Å². The summed E-state index contributed by atoms with van der Waals surface area (Å²) >= 11 is 0. The van der Waals surface area contributed by atoms with E-state index in [-0.39, 0.29) is 0 Å². The molecule has 0 saturated carbocycles. The van der Waals surface area contributed by atoms with Crippen molar-refractivity contribution in [3.8, 4) is 0 Å². The second-order valence-corrected chi connectivity index (χ2v) is 2.23. The van der Waals surface area contributed by atoms with Crippen molar-refractivity contribution >= 4 is 0 Å². The fraction of sp³-hybridized carbons (Fsp3) is 0.286. The molecule has 0 aromatic carbocycles. The Bertz CT molecular complexity index is 177. The molecule has 9 heavy (non-hydrogen) atoms. The molecule has 0 spiro atoms. The van der Waals surface area contributed by atoms with Crippen molar-refractivity contribution in [1.29, 1.82) is 0 Å². The Morgan fingerprint density at radius 3 is 2.56 bits per heavy atom. The minimum atomic E-state index is 0.748. The van der Waals surface area contributed by atoms with E-state index >= 15 is 0 Å². The molecule has 0 saturated heterocycles. The van der Waals surface area contributed by atoms with Gasteiger partial charge in [0.25, 0.3) is 0 Å². The van der Waals surface area contributed by atoms with Crippen LogP contribution < -0.4 is 11.5 Å². The average molecular weight is 123 g/mol. The summed E-state index contributed by atoms with van der Waals surface area (Å²) in [6.07, 6.45) is 4.80. The predicted molar refractivity (Wildman–Crippen MR) is 38.1 cm³/mol. The zero-order valence-electron chi connectivity index (χ0n) is 5.52. The van der Waals surface area contributed by atoms with Gasteiger partial charge in [-0.25, -0.2) is 0 Å². The minimum Gasteiger partial charge on any atom is -0.400 e. The largest absolute Gasteiger partial charge is 0.400 e. The molecule has 1 radical (unpaired) electrons. The SMILES string of the molecule is CC1=C[CH]CC(N)=C1N. The molecule has 0 aromatic rings. The molecule has 0 bridgehead atoms. The molecule has 0 unspecified atom stereocenters.